The largest absolute Gasteiger partial charge is 0.299 e. The third kappa shape index (κ3) is 2.55. The Hall–Kier alpha value is -0.930. The van der Waals surface area contributed by atoms with E-state index in [-0.39, 0.29) is 0 Å². The maximum absolute atomic E-state index is 10.6. The highest BCUT2D eigenvalue weighted by Crippen LogP contribution is 2.25. The van der Waals surface area contributed by atoms with Gasteiger partial charge in [-0.05, 0) is 54.9 Å². The first-order valence-electron chi connectivity index (χ1n) is 5.14. The van der Waals surface area contributed by atoms with Crippen molar-refractivity contribution in [3.8, 4) is 0 Å². The van der Waals surface area contributed by atoms with Crippen LogP contribution in [-0.2, 0) is 6.54 Å². The maximum atomic E-state index is 10.6. The number of nitroso groups, excluding NO2 is 1. The summed E-state index contributed by atoms with van der Waals surface area (Å²) in [4.78, 5) is 12.9. The Morgan fingerprint density at radius 1 is 1.33 bits per heavy atom. The van der Waals surface area contributed by atoms with Gasteiger partial charge in [0.15, 0.2) is 0 Å². The molecule has 15 heavy (non-hydrogen) atoms. The lowest BCUT2D eigenvalue weighted by molar-refractivity contribution is 0.332. The summed E-state index contributed by atoms with van der Waals surface area (Å²) in [5, 5.41) is 3.68. The van der Waals surface area contributed by atoms with E-state index in [9.17, 15) is 4.91 Å². The monoisotopic (exact) mass is 224 g/mol. The summed E-state index contributed by atoms with van der Waals surface area (Å²) in [6.07, 6.45) is 2.48. The maximum Gasteiger partial charge on any atom is 0.112 e. The van der Waals surface area contributed by atoms with Crippen LogP contribution in [0.25, 0.3) is 0 Å². The molecule has 3 nitrogen and oxygen atoms in total. The van der Waals surface area contributed by atoms with Crippen molar-refractivity contribution in [3.05, 3.63) is 33.7 Å². The molecule has 0 bridgehead atoms. The van der Waals surface area contributed by atoms with Crippen LogP contribution in [0.3, 0.4) is 0 Å². The van der Waals surface area contributed by atoms with Crippen LogP contribution in [0.5, 0.6) is 0 Å². The summed E-state index contributed by atoms with van der Waals surface area (Å²) in [6, 6.07) is 5.21. The average molecular weight is 225 g/mol. The minimum absolute atomic E-state index is 0.506. The van der Waals surface area contributed by atoms with Gasteiger partial charge in [-0.15, -0.1) is 4.91 Å². The number of benzene rings is 1. The van der Waals surface area contributed by atoms with E-state index in [0.717, 1.165) is 25.2 Å². The lowest BCUT2D eigenvalue weighted by Gasteiger charge is -2.15. The predicted molar refractivity (Wildman–Crippen MR) is 61.4 cm³/mol. The minimum Gasteiger partial charge on any atom is -0.299 e. The third-order valence-electron chi connectivity index (χ3n) is 2.73. The SMILES string of the molecule is O=Nc1ccc(Cl)cc1CN1CCCC1. The Morgan fingerprint density at radius 3 is 2.73 bits per heavy atom. The quantitative estimate of drug-likeness (QED) is 0.738. The van der Waals surface area contributed by atoms with Crippen LogP contribution in [0.15, 0.2) is 23.4 Å². The first kappa shape index (κ1) is 10.6. The van der Waals surface area contributed by atoms with Crippen LogP contribution >= 0.6 is 11.6 Å². The van der Waals surface area contributed by atoms with Gasteiger partial charge < -0.3 is 0 Å². The summed E-state index contributed by atoms with van der Waals surface area (Å²) >= 11 is 5.90. The fourth-order valence-electron chi connectivity index (χ4n) is 1.95. The molecule has 1 fully saturated rings. The first-order valence-corrected chi connectivity index (χ1v) is 5.51. The third-order valence-corrected chi connectivity index (χ3v) is 2.97. The van der Waals surface area contributed by atoms with Crippen LogP contribution in [0, 0.1) is 4.91 Å². The van der Waals surface area contributed by atoms with Crippen molar-refractivity contribution >= 4 is 17.3 Å². The van der Waals surface area contributed by atoms with Gasteiger partial charge in [0.25, 0.3) is 0 Å². The second-order valence-corrected chi connectivity index (χ2v) is 4.28. The zero-order valence-corrected chi connectivity index (χ0v) is 9.20. The van der Waals surface area contributed by atoms with Crippen LogP contribution in [0.4, 0.5) is 5.69 Å². The van der Waals surface area contributed by atoms with E-state index in [1.54, 1.807) is 12.1 Å². The van der Waals surface area contributed by atoms with Crippen molar-refractivity contribution in [1.82, 2.24) is 4.90 Å². The van der Waals surface area contributed by atoms with E-state index in [2.05, 4.69) is 10.1 Å². The zero-order chi connectivity index (χ0) is 10.7. The summed E-state index contributed by atoms with van der Waals surface area (Å²) in [6.45, 7) is 2.98. The fourth-order valence-corrected chi connectivity index (χ4v) is 2.15. The van der Waals surface area contributed by atoms with Gasteiger partial charge in [-0.2, -0.15) is 0 Å². The van der Waals surface area contributed by atoms with E-state index in [0.29, 0.717) is 10.7 Å². The lowest BCUT2D eigenvalue weighted by atomic mass is 10.1. The van der Waals surface area contributed by atoms with E-state index < -0.39 is 0 Å². The number of nitrogens with zero attached hydrogens (tertiary/aromatic N) is 2. The highest BCUT2D eigenvalue weighted by Gasteiger charge is 2.14. The van der Waals surface area contributed by atoms with Crippen molar-refractivity contribution in [2.75, 3.05) is 13.1 Å². The molecule has 0 spiro atoms. The molecule has 0 unspecified atom stereocenters. The smallest absolute Gasteiger partial charge is 0.112 e. The van der Waals surface area contributed by atoms with Gasteiger partial charge in [-0.1, -0.05) is 11.6 Å². The normalized spacial score (nSPS) is 16.9. The molecular weight excluding hydrogens is 212 g/mol. The van der Waals surface area contributed by atoms with Crippen molar-refractivity contribution in [2.45, 2.75) is 19.4 Å². The van der Waals surface area contributed by atoms with E-state index in [1.807, 2.05) is 6.07 Å². The van der Waals surface area contributed by atoms with Gasteiger partial charge in [-0.3, -0.25) is 4.90 Å². The molecule has 2 rings (SSSR count). The molecule has 0 radical (unpaired) electrons. The molecule has 1 aromatic rings. The Balaban J connectivity index is 2.17. The van der Waals surface area contributed by atoms with Crippen molar-refractivity contribution < 1.29 is 0 Å². The van der Waals surface area contributed by atoms with Gasteiger partial charge in [0, 0.05) is 11.6 Å². The van der Waals surface area contributed by atoms with E-state index in [1.165, 1.54) is 12.8 Å². The molecule has 1 saturated heterocycles. The summed E-state index contributed by atoms with van der Waals surface area (Å²) in [7, 11) is 0. The molecule has 0 atom stereocenters. The molecule has 4 heteroatoms. The topological polar surface area (TPSA) is 32.7 Å². The van der Waals surface area contributed by atoms with Crippen LogP contribution < -0.4 is 0 Å². The van der Waals surface area contributed by atoms with Crippen molar-refractivity contribution in [1.29, 1.82) is 0 Å². The second-order valence-electron chi connectivity index (χ2n) is 3.85. The summed E-state index contributed by atoms with van der Waals surface area (Å²) in [5.41, 5.74) is 1.44. The van der Waals surface area contributed by atoms with Crippen LogP contribution in [-0.4, -0.2) is 18.0 Å². The van der Waals surface area contributed by atoms with Crippen molar-refractivity contribution in [3.63, 3.8) is 0 Å². The van der Waals surface area contributed by atoms with Gasteiger partial charge in [0.05, 0.1) is 0 Å². The van der Waals surface area contributed by atoms with Crippen LogP contribution in [0.2, 0.25) is 5.02 Å². The number of rotatable bonds is 3. The molecule has 0 amide bonds. The molecular formula is C11H13ClN2O. The molecule has 0 aliphatic carbocycles. The van der Waals surface area contributed by atoms with E-state index >= 15 is 0 Å². The molecule has 1 aromatic carbocycles. The average Bonchev–Trinajstić information content (AvgIpc) is 2.71. The molecule has 0 saturated carbocycles. The highest BCUT2D eigenvalue weighted by atomic mass is 35.5. The standard InChI is InChI=1S/C11H13ClN2O/c12-10-3-4-11(13-15)9(7-10)8-14-5-1-2-6-14/h3-4,7H,1-2,5-6,8H2. The van der Waals surface area contributed by atoms with Gasteiger partial charge >= 0.3 is 0 Å². The van der Waals surface area contributed by atoms with Gasteiger partial charge in [-0.25, -0.2) is 0 Å². The molecule has 1 heterocycles. The van der Waals surface area contributed by atoms with Gasteiger partial charge in [0.2, 0.25) is 0 Å². The predicted octanol–water partition coefficient (Wildman–Crippen LogP) is 3.33. The highest BCUT2D eigenvalue weighted by molar-refractivity contribution is 6.30. The molecule has 0 aromatic heterocycles. The molecule has 0 N–H and O–H groups in total. The van der Waals surface area contributed by atoms with Gasteiger partial charge in [0.1, 0.15) is 5.69 Å². The minimum atomic E-state index is 0.506. The molecule has 1 aliphatic rings. The number of halogens is 1. The Morgan fingerprint density at radius 2 is 2.07 bits per heavy atom. The summed E-state index contributed by atoms with van der Waals surface area (Å²) < 4.78 is 0. The number of hydrogen-bond donors (Lipinski definition) is 0. The van der Waals surface area contributed by atoms with Crippen LogP contribution in [0.1, 0.15) is 18.4 Å². The Labute approximate surface area is 94.0 Å². The van der Waals surface area contributed by atoms with Crippen molar-refractivity contribution in [2.24, 2.45) is 5.18 Å². The lowest BCUT2D eigenvalue weighted by Crippen LogP contribution is -2.18. The summed E-state index contributed by atoms with van der Waals surface area (Å²) in [5.74, 6) is 0. The molecule has 1 aliphatic heterocycles. The first-order chi connectivity index (χ1) is 7.29. The number of likely N-dealkylation sites (tertiary alicyclic amines) is 1. The van der Waals surface area contributed by atoms with E-state index in [4.69, 9.17) is 11.6 Å². The second kappa shape index (κ2) is 4.73. The fraction of sp³-hybridized carbons (Fsp3) is 0.455. The number of hydrogen-bond acceptors (Lipinski definition) is 3. The Bertz CT molecular complexity index is 362. The Kier molecular flexibility index (Phi) is 3.34. The zero-order valence-electron chi connectivity index (χ0n) is 8.45. The molecule has 80 valence electrons.